The van der Waals surface area contributed by atoms with E-state index in [-0.39, 0.29) is 27.9 Å². The molecule has 3 aromatic rings. The van der Waals surface area contributed by atoms with E-state index in [4.69, 9.17) is 16.3 Å². The Morgan fingerprint density at radius 1 is 1.17 bits per heavy atom. The van der Waals surface area contributed by atoms with Gasteiger partial charge >= 0.3 is 5.97 Å². The van der Waals surface area contributed by atoms with Crippen LogP contribution in [0, 0.1) is 6.92 Å². The molecule has 152 valence electrons. The van der Waals surface area contributed by atoms with Gasteiger partial charge in [-0.15, -0.1) is 11.3 Å². The number of rotatable bonds is 6. The highest BCUT2D eigenvalue weighted by Gasteiger charge is 2.28. The van der Waals surface area contributed by atoms with E-state index in [1.807, 2.05) is 0 Å². The van der Waals surface area contributed by atoms with Crippen LogP contribution in [0.4, 0.5) is 5.00 Å². The van der Waals surface area contributed by atoms with Crippen LogP contribution in [0.1, 0.15) is 39.4 Å². The lowest BCUT2D eigenvalue weighted by Gasteiger charge is -2.12. The monoisotopic (exact) mass is 451 g/mol. The first-order chi connectivity index (χ1) is 13.7. The molecule has 3 rings (SSSR count). The van der Waals surface area contributed by atoms with Gasteiger partial charge in [-0.25, -0.2) is 13.2 Å². The molecule has 0 saturated heterocycles. The van der Waals surface area contributed by atoms with E-state index >= 15 is 0 Å². The summed E-state index contributed by atoms with van der Waals surface area (Å²) in [5.74, 6) is -0.959. The van der Waals surface area contributed by atoms with Crippen LogP contribution in [0.5, 0.6) is 0 Å². The lowest BCUT2D eigenvalue weighted by atomic mass is 10.1. The predicted octanol–water partition coefficient (Wildman–Crippen LogP) is 5.04. The highest BCUT2D eigenvalue weighted by molar-refractivity contribution is 7.93. The van der Waals surface area contributed by atoms with Crippen molar-refractivity contribution in [1.29, 1.82) is 0 Å². The summed E-state index contributed by atoms with van der Waals surface area (Å²) < 4.78 is 33.9. The summed E-state index contributed by atoms with van der Waals surface area (Å²) in [7, 11) is -4.11. The molecular formula is C20H18ClNO5S2. The molecule has 0 atom stereocenters. The Morgan fingerprint density at radius 3 is 2.45 bits per heavy atom. The number of hydrogen-bond acceptors (Lipinski definition) is 6. The van der Waals surface area contributed by atoms with E-state index in [0.29, 0.717) is 26.2 Å². The minimum atomic E-state index is -4.11. The van der Waals surface area contributed by atoms with E-state index in [9.17, 15) is 18.0 Å². The number of hydrogen-bond donors (Lipinski definition) is 1. The van der Waals surface area contributed by atoms with Crippen molar-refractivity contribution in [3.05, 3.63) is 57.4 Å². The minimum Gasteiger partial charge on any atom is -0.462 e. The van der Waals surface area contributed by atoms with Crippen LogP contribution >= 0.6 is 22.9 Å². The smallest absolute Gasteiger partial charge is 0.341 e. The van der Waals surface area contributed by atoms with Gasteiger partial charge in [0.15, 0.2) is 5.78 Å². The van der Waals surface area contributed by atoms with E-state index in [1.54, 1.807) is 44.2 Å². The maximum atomic E-state index is 13.2. The number of ketones is 1. The molecule has 0 amide bonds. The second-order valence-corrected chi connectivity index (χ2v) is 9.32. The Hall–Kier alpha value is -2.42. The number of carbonyl (C=O) groups excluding carboxylic acids is 2. The topological polar surface area (TPSA) is 89.5 Å². The number of fused-ring (bicyclic) bond motifs is 1. The van der Waals surface area contributed by atoms with Crippen molar-refractivity contribution in [2.45, 2.75) is 25.7 Å². The predicted molar refractivity (Wildman–Crippen MR) is 115 cm³/mol. The second kappa shape index (κ2) is 8.14. The number of nitrogens with one attached hydrogen (secondary N) is 1. The van der Waals surface area contributed by atoms with Gasteiger partial charge in [-0.05, 0) is 43.9 Å². The molecular weight excluding hydrogens is 434 g/mol. The SMILES string of the molecule is CCOC(=O)c1c(NS(=O)(=O)c2cccc3cccc(Cl)c23)sc(C(C)=O)c1C. The van der Waals surface area contributed by atoms with Gasteiger partial charge in [-0.3, -0.25) is 9.52 Å². The number of thiophene rings is 1. The maximum absolute atomic E-state index is 13.2. The summed E-state index contributed by atoms with van der Waals surface area (Å²) >= 11 is 7.16. The molecule has 0 radical (unpaired) electrons. The van der Waals surface area contributed by atoms with E-state index < -0.39 is 16.0 Å². The Kier molecular flexibility index (Phi) is 5.97. The number of carbonyl (C=O) groups is 2. The highest BCUT2D eigenvalue weighted by Crippen LogP contribution is 2.37. The standard InChI is InChI=1S/C20H18ClNO5S2/c1-4-27-20(24)16-11(2)18(12(3)23)28-19(16)22-29(25,26)15-10-6-8-13-7-5-9-14(21)17(13)15/h5-10,22H,4H2,1-3H3. The van der Waals surface area contributed by atoms with Crippen molar-refractivity contribution in [2.75, 3.05) is 11.3 Å². The maximum Gasteiger partial charge on any atom is 0.341 e. The number of anilines is 1. The van der Waals surface area contributed by atoms with Crippen molar-refractivity contribution in [3.8, 4) is 0 Å². The van der Waals surface area contributed by atoms with Gasteiger partial charge in [0.2, 0.25) is 0 Å². The van der Waals surface area contributed by atoms with Gasteiger partial charge < -0.3 is 4.74 Å². The summed E-state index contributed by atoms with van der Waals surface area (Å²) in [6, 6.07) is 9.90. The number of sulfonamides is 1. The van der Waals surface area contributed by atoms with Gasteiger partial charge in [0.25, 0.3) is 10.0 Å². The molecule has 0 spiro atoms. The highest BCUT2D eigenvalue weighted by atomic mass is 35.5. The third kappa shape index (κ3) is 4.01. The normalized spacial score (nSPS) is 11.4. The van der Waals surface area contributed by atoms with Crippen molar-refractivity contribution in [1.82, 2.24) is 0 Å². The lowest BCUT2D eigenvalue weighted by Crippen LogP contribution is -2.16. The largest absolute Gasteiger partial charge is 0.462 e. The average molecular weight is 452 g/mol. The molecule has 0 unspecified atom stereocenters. The Bertz CT molecular complexity index is 1230. The van der Waals surface area contributed by atoms with Gasteiger partial charge in [-0.1, -0.05) is 35.9 Å². The quantitative estimate of drug-likeness (QED) is 0.418. The number of benzene rings is 2. The molecule has 0 aliphatic heterocycles. The summed E-state index contributed by atoms with van der Waals surface area (Å²) in [4.78, 5) is 24.6. The molecule has 6 nitrogen and oxygen atoms in total. The van der Waals surface area contributed by atoms with E-state index in [1.165, 1.54) is 13.0 Å². The summed E-state index contributed by atoms with van der Waals surface area (Å²) in [6.07, 6.45) is 0. The van der Waals surface area contributed by atoms with Gasteiger partial charge in [-0.2, -0.15) is 0 Å². The fourth-order valence-electron chi connectivity index (χ4n) is 3.03. The fraction of sp³-hybridized carbons (Fsp3) is 0.200. The van der Waals surface area contributed by atoms with Crippen LogP contribution in [0.15, 0.2) is 41.3 Å². The molecule has 29 heavy (non-hydrogen) atoms. The number of ether oxygens (including phenoxy) is 1. The number of halogens is 1. The minimum absolute atomic E-state index is 0.0224. The Balaban J connectivity index is 2.16. The zero-order valence-electron chi connectivity index (χ0n) is 15.9. The van der Waals surface area contributed by atoms with Crippen molar-refractivity contribution >= 4 is 60.5 Å². The molecule has 0 aliphatic carbocycles. The molecule has 9 heteroatoms. The van der Waals surface area contributed by atoms with Crippen molar-refractivity contribution in [3.63, 3.8) is 0 Å². The first-order valence-corrected chi connectivity index (χ1v) is 11.4. The van der Waals surface area contributed by atoms with Gasteiger partial charge in [0, 0.05) is 10.4 Å². The number of esters is 1. The summed E-state index contributed by atoms with van der Waals surface area (Å²) in [5, 5.41) is 1.37. The summed E-state index contributed by atoms with van der Waals surface area (Å²) in [6.45, 7) is 4.71. The van der Waals surface area contributed by atoms with Crippen LogP contribution in [0.25, 0.3) is 10.8 Å². The third-order valence-corrected chi connectivity index (χ3v) is 7.42. The van der Waals surface area contributed by atoms with Crippen LogP contribution < -0.4 is 4.72 Å². The zero-order chi connectivity index (χ0) is 21.3. The van der Waals surface area contributed by atoms with Gasteiger partial charge in [0.05, 0.1) is 21.9 Å². The molecule has 0 saturated carbocycles. The van der Waals surface area contributed by atoms with E-state index in [0.717, 1.165) is 11.3 Å². The molecule has 1 heterocycles. The molecule has 1 N–H and O–H groups in total. The van der Waals surface area contributed by atoms with Crippen LogP contribution in [-0.4, -0.2) is 26.8 Å². The average Bonchev–Trinajstić information content (AvgIpc) is 2.97. The second-order valence-electron chi connectivity index (χ2n) is 6.24. The van der Waals surface area contributed by atoms with E-state index in [2.05, 4.69) is 4.72 Å². The molecule has 0 bridgehead atoms. The molecule has 0 fully saturated rings. The molecule has 1 aromatic heterocycles. The third-order valence-electron chi connectivity index (χ3n) is 4.28. The Labute approximate surface area is 177 Å². The summed E-state index contributed by atoms with van der Waals surface area (Å²) in [5.41, 5.74) is 0.423. The first-order valence-electron chi connectivity index (χ1n) is 8.69. The zero-order valence-corrected chi connectivity index (χ0v) is 18.3. The fourth-order valence-corrected chi connectivity index (χ4v) is 6.02. The molecule has 0 aliphatic rings. The van der Waals surface area contributed by atoms with Crippen LogP contribution in [-0.2, 0) is 14.8 Å². The lowest BCUT2D eigenvalue weighted by molar-refractivity contribution is 0.0527. The Morgan fingerprint density at radius 2 is 1.83 bits per heavy atom. The van der Waals surface area contributed by atoms with Crippen molar-refractivity contribution < 1.29 is 22.7 Å². The molecule has 2 aromatic carbocycles. The van der Waals surface area contributed by atoms with Crippen LogP contribution in [0.2, 0.25) is 5.02 Å². The van der Waals surface area contributed by atoms with Crippen LogP contribution in [0.3, 0.4) is 0 Å². The van der Waals surface area contributed by atoms with Crippen molar-refractivity contribution in [2.24, 2.45) is 0 Å². The van der Waals surface area contributed by atoms with Gasteiger partial charge in [0.1, 0.15) is 5.00 Å². The number of Topliss-reactive ketones (excluding diaryl/α,β-unsaturated/α-hetero) is 1. The first kappa shape index (κ1) is 21.3.